The highest BCUT2D eigenvalue weighted by Gasteiger charge is 2.35. The van der Waals surface area contributed by atoms with Crippen LogP contribution in [0.15, 0.2) is 59.2 Å². The highest BCUT2D eigenvalue weighted by Crippen LogP contribution is 2.34. The minimum absolute atomic E-state index is 0.0280. The maximum atomic E-state index is 13.4. The number of carbonyl (C=O) groups excluding carboxylic acids is 2. The van der Waals surface area contributed by atoms with E-state index in [0.717, 1.165) is 34.4 Å². The van der Waals surface area contributed by atoms with Crippen molar-refractivity contribution in [2.45, 2.75) is 38.0 Å². The number of ketones is 2. The first-order valence-electron chi connectivity index (χ1n) is 9.67. The minimum Gasteiger partial charge on any atom is -0.501 e. The molecule has 3 nitrogen and oxygen atoms in total. The molecule has 0 atom stereocenters. The van der Waals surface area contributed by atoms with Gasteiger partial charge < -0.3 is 4.74 Å². The Bertz CT molecular complexity index is 896. The van der Waals surface area contributed by atoms with E-state index in [1.54, 1.807) is 11.8 Å². The summed E-state index contributed by atoms with van der Waals surface area (Å²) >= 11 is 1.67. The number of rotatable bonds is 9. The smallest absolute Gasteiger partial charge is 0.200 e. The van der Waals surface area contributed by atoms with E-state index in [9.17, 15) is 9.59 Å². The normalized spacial score (nSPS) is 14.0. The summed E-state index contributed by atoms with van der Waals surface area (Å²) in [5.74, 6) is -0.345. The average molecular weight is 395 g/mol. The summed E-state index contributed by atoms with van der Waals surface area (Å²) in [6, 6.07) is 13.9. The van der Waals surface area contributed by atoms with Crippen LogP contribution in [0.2, 0.25) is 0 Å². The molecular formula is C24H26O3S. The number of hydrogen-bond donors (Lipinski definition) is 0. The van der Waals surface area contributed by atoms with Gasteiger partial charge in [-0.05, 0) is 68.2 Å². The first-order chi connectivity index (χ1) is 13.6. The van der Waals surface area contributed by atoms with Crippen LogP contribution in [0, 0.1) is 12.8 Å². The summed E-state index contributed by atoms with van der Waals surface area (Å²) in [4.78, 5) is 27.3. The molecule has 0 spiro atoms. The Morgan fingerprint density at radius 3 is 2.46 bits per heavy atom. The molecule has 1 fully saturated rings. The second-order valence-corrected chi connectivity index (χ2v) is 7.88. The largest absolute Gasteiger partial charge is 0.501 e. The molecule has 1 aliphatic carbocycles. The van der Waals surface area contributed by atoms with E-state index in [1.807, 2.05) is 43.5 Å². The molecule has 1 aliphatic rings. The zero-order valence-corrected chi connectivity index (χ0v) is 17.5. The van der Waals surface area contributed by atoms with Crippen LogP contribution < -0.4 is 0 Å². The van der Waals surface area contributed by atoms with Crippen LogP contribution in [0.1, 0.15) is 46.8 Å². The predicted molar refractivity (Wildman–Crippen MR) is 114 cm³/mol. The molecule has 0 amide bonds. The molecule has 0 bridgehead atoms. The number of allylic oxidation sites excluding steroid dienone is 1. The van der Waals surface area contributed by atoms with Crippen LogP contribution in [0.3, 0.4) is 0 Å². The topological polar surface area (TPSA) is 43.4 Å². The molecule has 0 aliphatic heterocycles. The summed E-state index contributed by atoms with van der Waals surface area (Å²) in [6.45, 7) is 4.32. The number of carbonyl (C=O) groups is 2. The van der Waals surface area contributed by atoms with Gasteiger partial charge in [-0.2, -0.15) is 0 Å². The Labute approximate surface area is 171 Å². The lowest BCUT2D eigenvalue weighted by Gasteiger charge is -2.16. The van der Waals surface area contributed by atoms with Gasteiger partial charge in [0.25, 0.3) is 0 Å². The van der Waals surface area contributed by atoms with Gasteiger partial charge >= 0.3 is 0 Å². The molecule has 28 heavy (non-hydrogen) atoms. The summed E-state index contributed by atoms with van der Waals surface area (Å²) in [5.41, 5.74) is 3.99. The molecule has 3 rings (SSSR count). The molecular weight excluding hydrogens is 368 g/mol. The Morgan fingerprint density at radius 1 is 1.14 bits per heavy atom. The number of benzene rings is 2. The average Bonchev–Trinajstić information content (AvgIpc) is 3.55. The second-order valence-electron chi connectivity index (χ2n) is 7.04. The lowest BCUT2D eigenvalue weighted by Crippen LogP contribution is -2.18. The third-order valence-electron chi connectivity index (χ3n) is 5.06. The number of ether oxygens (including phenoxy) is 1. The number of hydrogen-bond acceptors (Lipinski definition) is 4. The van der Waals surface area contributed by atoms with Crippen LogP contribution in [0.4, 0.5) is 0 Å². The van der Waals surface area contributed by atoms with Gasteiger partial charge in [-0.15, -0.1) is 11.8 Å². The van der Waals surface area contributed by atoms with E-state index < -0.39 is 0 Å². The van der Waals surface area contributed by atoms with Gasteiger partial charge in [0.2, 0.25) is 0 Å². The quantitative estimate of drug-likeness (QED) is 0.143. The Balaban J connectivity index is 2.04. The summed E-state index contributed by atoms with van der Waals surface area (Å²) in [5, 5.41) is 0. The molecule has 4 heteroatoms. The first kappa shape index (κ1) is 20.4. The maximum absolute atomic E-state index is 13.4. The monoisotopic (exact) mass is 394 g/mol. The van der Waals surface area contributed by atoms with Crippen molar-refractivity contribution in [3.8, 4) is 0 Å². The van der Waals surface area contributed by atoms with Crippen LogP contribution >= 0.6 is 11.8 Å². The van der Waals surface area contributed by atoms with Crippen molar-refractivity contribution in [3.63, 3.8) is 0 Å². The van der Waals surface area contributed by atoms with Gasteiger partial charge in [-0.25, -0.2) is 0 Å². The van der Waals surface area contributed by atoms with E-state index in [0.29, 0.717) is 18.6 Å². The molecule has 0 N–H and O–H groups in total. The fourth-order valence-electron chi connectivity index (χ4n) is 3.30. The Hall–Kier alpha value is -2.33. The van der Waals surface area contributed by atoms with Crippen LogP contribution in [-0.2, 0) is 16.0 Å². The predicted octanol–water partition coefficient (Wildman–Crippen LogP) is 5.39. The van der Waals surface area contributed by atoms with E-state index >= 15 is 0 Å². The SMILES string of the molecule is CCO/C=C(\C(=O)c1ccc(SC)c(C)c1Cc1ccccc1)C(=O)C1CC1. The van der Waals surface area contributed by atoms with E-state index in [-0.39, 0.29) is 23.1 Å². The zero-order chi connectivity index (χ0) is 20.1. The minimum atomic E-state index is -0.230. The van der Waals surface area contributed by atoms with Gasteiger partial charge in [-0.3, -0.25) is 9.59 Å². The van der Waals surface area contributed by atoms with Crippen molar-refractivity contribution in [2.75, 3.05) is 12.9 Å². The van der Waals surface area contributed by atoms with Crippen molar-refractivity contribution in [2.24, 2.45) is 5.92 Å². The highest BCUT2D eigenvalue weighted by molar-refractivity contribution is 7.98. The van der Waals surface area contributed by atoms with E-state index in [4.69, 9.17) is 4.74 Å². The van der Waals surface area contributed by atoms with Crippen molar-refractivity contribution in [1.29, 1.82) is 0 Å². The third-order valence-corrected chi connectivity index (χ3v) is 5.95. The molecule has 0 aromatic heterocycles. The number of Topliss-reactive ketones (excluding diaryl/α,β-unsaturated/α-hetero) is 2. The molecule has 2 aromatic rings. The molecule has 1 saturated carbocycles. The summed E-state index contributed by atoms with van der Waals surface area (Å²) < 4.78 is 5.36. The molecule has 0 saturated heterocycles. The second kappa shape index (κ2) is 9.24. The molecule has 146 valence electrons. The Kier molecular flexibility index (Phi) is 6.74. The fourth-order valence-corrected chi connectivity index (χ4v) is 3.93. The van der Waals surface area contributed by atoms with Crippen molar-refractivity contribution in [1.82, 2.24) is 0 Å². The van der Waals surface area contributed by atoms with Crippen molar-refractivity contribution >= 4 is 23.3 Å². The van der Waals surface area contributed by atoms with Crippen LogP contribution in [-0.4, -0.2) is 24.4 Å². The lowest BCUT2D eigenvalue weighted by atomic mass is 9.89. The van der Waals surface area contributed by atoms with Crippen LogP contribution in [0.25, 0.3) is 0 Å². The number of thioether (sulfide) groups is 1. The zero-order valence-electron chi connectivity index (χ0n) is 16.7. The van der Waals surface area contributed by atoms with Crippen molar-refractivity contribution in [3.05, 3.63) is 76.6 Å². The van der Waals surface area contributed by atoms with Gasteiger partial charge in [0.15, 0.2) is 11.6 Å². The standard InChI is InChI=1S/C24H26O3S/c1-4-27-15-21(23(25)18-10-11-18)24(26)19-12-13-22(28-3)16(2)20(19)14-17-8-6-5-7-9-17/h5-9,12-13,15,18H,4,10-11,14H2,1-3H3/b21-15-. The highest BCUT2D eigenvalue weighted by atomic mass is 32.2. The lowest BCUT2D eigenvalue weighted by molar-refractivity contribution is -0.116. The van der Waals surface area contributed by atoms with Gasteiger partial charge in [0.05, 0.1) is 12.9 Å². The first-order valence-corrected chi connectivity index (χ1v) is 10.9. The molecule has 2 aromatic carbocycles. The molecule has 0 radical (unpaired) electrons. The maximum Gasteiger partial charge on any atom is 0.200 e. The Morgan fingerprint density at radius 2 is 1.86 bits per heavy atom. The summed E-state index contributed by atoms with van der Waals surface area (Å²) in [6.07, 6.45) is 5.77. The van der Waals surface area contributed by atoms with Gasteiger partial charge in [0, 0.05) is 16.4 Å². The molecule has 0 unspecified atom stereocenters. The van der Waals surface area contributed by atoms with E-state index in [2.05, 4.69) is 19.1 Å². The molecule has 0 heterocycles. The van der Waals surface area contributed by atoms with Crippen molar-refractivity contribution < 1.29 is 14.3 Å². The fraction of sp³-hybridized carbons (Fsp3) is 0.333. The van der Waals surface area contributed by atoms with Crippen LogP contribution in [0.5, 0.6) is 0 Å². The van der Waals surface area contributed by atoms with E-state index in [1.165, 1.54) is 6.26 Å². The van der Waals surface area contributed by atoms with Gasteiger partial charge in [-0.1, -0.05) is 30.3 Å². The van der Waals surface area contributed by atoms with Gasteiger partial charge in [0.1, 0.15) is 5.57 Å². The summed E-state index contributed by atoms with van der Waals surface area (Å²) in [7, 11) is 0. The third kappa shape index (κ3) is 4.56.